The molecule has 2 aromatic rings. The molecule has 0 radical (unpaired) electrons. The van der Waals surface area contributed by atoms with Crippen LogP contribution in [0.3, 0.4) is 0 Å². The summed E-state index contributed by atoms with van der Waals surface area (Å²) in [4.78, 5) is 8.31. The van der Waals surface area contributed by atoms with Crippen LogP contribution in [0.5, 0.6) is 0 Å². The summed E-state index contributed by atoms with van der Waals surface area (Å²) in [5.74, 6) is 0.465. The van der Waals surface area contributed by atoms with E-state index in [4.69, 9.17) is 0 Å². The molecular weight excluding hydrogens is 383 g/mol. The van der Waals surface area contributed by atoms with Gasteiger partial charge in [0.2, 0.25) is 5.95 Å². The molecular formula is C20H22F3N5O. The third-order valence-corrected chi connectivity index (χ3v) is 5.07. The Labute approximate surface area is 166 Å². The molecule has 6 nitrogen and oxygen atoms in total. The van der Waals surface area contributed by atoms with Crippen molar-refractivity contribution in [2.24, 2.45) is 0 Å². The van der Waals surface area contributed by atoms with Crippen molar-refractivity contribution in [1.82, 2.24) is 9.97 Å². The maximum atomic E-state index is 13.1. The molecule has 0 amide bonds. The van der Waals surface area contributed by atoms with Gasteiger partial charge in [0, 0.05) is 12.6 Å². The number of nitriles is 1. The van der Waals surface area contributed by atoms with E-state index in [1.807, 2.05) is 6.07 Å². The maximum Gasteiger partial charge on any atom is 0.416 e. The van der Waals surface area contributed by atoms with Crippen LogP contribution in [0.25, 0.3) is 0 Å². The fourth-order valence-corrected chi connectivity index (χ4v) is 3.36. The Morgan fingerprint density at radius 2 is 1.97 bits per heavy atom. The highest BCUT2D eigenvalue weighted by molar-refractivity contribution is 5.54. The third-order valence-electron chi connectivity index (χ3n) is 5.07. The summed E-state index contributed by atoms with van der Waals surface area (Å²) in [5.41, 5.74) is -1.06. The number of hydrogen-bond donors (Lipinski definition) is 3. The number of nitrogens with one attached hydrogen (secondary N) is 2. The summed E-state index contributed by atoms with van der Waals surface area (Å²) >= 11 is 0. The number of benzene rings is 1. The van der Waals surface area contributed by atoms with Crippen LogP contribution in [0.15, 0.2) is 30.5 Å². The van der Waals surface area contributed by atoms with E-state index < -0.39 is 17.3 Å². The molecule has 1 aliphatic carbocycles. The molecule has 0 aliphatic heterocycles. The van der Waals surface area contributed by atoms with E-state index in [2.05, 4.69) is 20.6 Å². The highest BCUT2D eigenvalue weighted by Gasteiger charge is 2.33. The summed E-state index contributed by atoms with van der Waals surface area (Å²) in [6.45, 7) is 1.70. The van der Waals surface area contributed by atoms with Gasteiger partial charge < -0.3 is 15.7 Å². The summed E-state index contributed by atoms with van der Waals surface area (Å²) < 4.78 is 39.4. The minimum absolute atomic E-state index is 0.0519. The Kier molecular flexibility index (Phi) is 5.94. The first-order valence-corrected chi connectivity index (χ1v) is 9.33. The van der Waals surface area contributed by atoms with Gasteiger partial charge in [0.15, 0.2) is 0 Å². The average molecular weight is 405 g/mol. The van der Waals surface area contributed by atoms with Crippen LogP contribution in [-0.4, -0.2) is 26.7 Å². The molecule has 1 aromatic carbocycles. The number of rotatable bonds is 5. The van der Waals surface area contributed by atoms with Crippen molar-refractivity contribution in [3.8, 4) is 6.07 Å². The zero-order valence-electron chi connectivity index (χ0n) is 15.9. The molecule has 1 saturated carbocycles. The highest BCUT2D eigenvalue weighted by atomic mass is 19.4. The third kappa shape index (κ3) is 5.35. The molecule has 0 unspecified atom stereocenters. The van der Waals surface area contributed by atoms with E-state index in [1.165, 1.54) is 24.4 Å². The van der Waals surface area contributed by atoms with Crippen molar-refractivity contribution in [2.75, 3.05) is 10.6 Å². The van der Waals surface area contributed by atoms with E-state index >= 15 is 0 Å². The van der Waals surface area contributed by atoms with Crippen LogP contribution in [-0.2, 0) is 12.7 Å². The second-order valence-corrected chi connectivity index (χ2v) is 7.49. The lowest BCUT2D eigenvalue weighted by Gasteiger charge is -2.33. The molecule has 154 valence electrons. The van der Waals surface area contributed by atoms with Crippen LogP contribution in [0.1, 0.15) is 49.3 Å². The van der Waals surface area contributed by atoms with Gasteiger partial charge in [-0.05, 0) is 44.2 Å². The largest absolute Gasteiger partial charge is 0.416 e. The van der Waals surface area contributed by atoms with Crippen molar-refractivity contribution in [1.29, 1.82) is 5.26 Å². The monoisotopic (exact) mass is 405 g/mol. The standard InChI is InChI=1S/C20H22F3N5O/c1-19(29)8-6-15(7-9-19)27-17-14(10-24)12-26-18(28-17)25-11-13-4-2-3-5-16(13)20(21,22)23/h2-5,12,15,29H,6-9,11H2,1H3,(H2,25,26,27,28)/t15-,19+. The van der Waals surface area contributed by atoms with Gasteiger partial charge in [0.1, 0.15) is 17.5 Å². The quantitative estimate of drug-likeness (QED) is 0.694. The van der Waals surface area contributed by atoms with E-state index in [-0.39, 0.29) is 29.7 Å². The minimum atomic E-state index is -4.45. The SMILES string of the molecule is C[C@]1(O)CC[C@@H](Nc2nc(NCc3ccccc3C(F)(F)F)ncc2C#N)CC1. The fourth-order valence-electron chi connectivity index (χ4n) is 3.36. The molecule has 0 atom stereocenters. The molecule has 29 heavy (non-hydrogen) atoms. The van der Waals surface area contributed by atoms with Gasteiger partial charge in [-0.3, -0.25) is 0 Å². The predicted octanol–water partition coefficient (Wildman–Crippen LogP) is 4.08. The molecule has 3 N–H and O–H groups in total. The van der Waals surface area contributed by atoms with Gasteiger partial charge in [-0.15, -0.1) is 0 Å². The lowest BCUT2D eigenvalue weighted by Crippen LogP contribution is -2.36. The van der Waals surface area contributed by atoms with E-state index in [0.717, 1.165) is 18.9 Å². The fraction of sp³-hybridized carbons (Fsp3) is 0.450. The molecule has 3 rings (SSSR count). The maximum absolute atomic E-state index is 13.1. The van der Waals surface area contributed by atoms with Crippen molar-refractivity contribution in [2.45, 2.75) is 57.0 Å². The Bertz CT molecular complexity index is 898. The molecule has 1 aliphatic rings. The van der Waals surface area contributed by atoms with Gasteiger partial charge in [-0.2, -0.15) is 23.4 Å². The number of hydrogen-bond acceptors (Lipinski definition) is 6. The van der Waals surface area contributed by atoms with E-state index in [1.54, 1.807) is 6.92 Å². The second kappa shape index (κ2) is 8.25. The topological polar surface area (TPSA) is 93.9 Å². The van der Waals surface area contributed by atoms with Crippen LogP contribution in [0, 0.1) is 11.3 Å². The summed E-state index contributed by atoms with van der Waals surface area (Å²) in [7, 11) is 0. The van der Waals surface area contributed by atoms with Crippen LogP contribution in [0.2, 0.25) is 0 Å². The van der Waals surface area contributed by atoms with Gasteiger partial charge >= 0.3 is 6.18 Å². The molecule has 1 aromatic heterocycles. The van der Waals surface area contributed by atoms with Crippen LogP contribution in [0.4, 0.5) is 24.9 Å². The molecule has 1 fully saturated rings. The van der Waals surface area contributed by atoms with Crippen molar-refractivity contribution >= 4 is 11.8 Å². The number of alkyl halides is 3. The normalized spacial score (nSPS) is 22.0. The Balaban J connectivity index is 1.72. The second-order valence-electron chi connectivity index (χ2n) is 7.49. The minimum Gasteiger partial charge on any atom is -0.390 e. The average Bonchev–Trinajstić information content (AvgIpc) is 2.68. The summed E-state index contributed by atoms with van der Waals surface area (Å²) in [6, 6.07) is 7.37. The summed E-state index contributed by atoms with van der Waals surface area (Å²) in [5, 5.41) is 25.4. The number of anilines is 2. The first-order chi connectivity index (χ1) is 13.7. The number of halogens is 3. The Morgan fingerprint density at radius 3 is 2.62 bits per heavy atom. The zero-order valence-corrected chi connectivity index (χ0v) is 15.9. The molecule has 0 saturated heterocycles. The van der Waals surface area contributed by atoms with E-state index in [9.17, 15) is 23.5 Å². The Morgan fingerprint density at radius 1 is 1.28 bits per heavy atom. The van der Waals surface area contributed by atoms with Gasteiger partial charge in [0.05, 0.1) is 17.4 Å². The predicted molar refractivity (Wildman–Crippen MR) is 102 cm³/mol. The van der Waals surface area contributed by atoms with Gasteiger partial charge in [0.25, 0.3) is 0 Å². The molecule has 1 heterocycles. The first kappa shape index (κ1) is 20.9. The smallest absolute Gasteiger partial charge is 0.390 e. The molecule has 0 spiro atoms. The van der Waals surface area contributed by atoms with Crippen LogP contribution >= 0.6 is 0 Å². The lowest BCUT2D eigenvalue weighted by atomic mass is 9.83. The molecule has 9 heteroatoms. The molecule has 0 bridgehead atoms. The van der Waals surface area contributed by atoms with Gasteiger partial charge in [-0.25, -0.2) is 4.98 Å². The zero-order chi connectivity index (χ0) is 21.1. The highest BCUT2D eigenvalue weighted by Crippen LogP contribution is 2.32. The van der Waals surface area contributed by atoms with Crippen LogP contribution < -0.4 is 10.6 Å². The lowest BCUT2D eigenvalue weighted by molar-refractivity contribution is -0.138. The van der Waals surface area contributed by atoms with Crippen molar-refractivity contribution in [3.63, 3.8) is 0 Å². The van der Waals surface area contributed by atoms with Crippen molar-refractivity contribution in [3.05, 3.63) is 47.2 Å². The van der Waals surface area contributed by atoms with Crippen molar-refractivity contribution < 1.29 is 18.3 Å². The number of aliphatic hydroxyl groups is 1. The summed E-state index contributed by atoms with van der Waals surface area (Å²) in [6.07, 6.45) is -0.383. The Hall–Kier alpha value is -2.86. The first-order valence-electron chi connectivity index (χ1n) is 9.33. The number of nitrogens with zero attached hydrogens (tertiary/aromatic N) is 3. The van der Waals surface area contributed by atoms with E-state index in [0.29, 0.717) is 18.7 Å². The number of aromatic nitrogens is 2. The van der Waals surface area contributed by atoms with Gasteiger partial charge in [-0.1, -0.05) is 18.2 Å².